The summed E-state index contributed by atoms with van der Waals surface area (Å²) in [5, 5.41) is 3.29. The number of rotatable bonds is 4. The molecule has 116 valence electrons. The van der Waals surface area contributed by atoms with Gasteiger partial charge in [0, 0.05) is 6.54 Å². The molecule has 1 aliphatic rings. The summed E-state index contributed by atoms with van der Waals surface area (Å²) in [4.78, 5) is 0. The van der Waals surface area contributed by atoms with E-state index in [2.05, 4.69) is 17.0 Å². The average Bonchev–Trinajstić information content (AvgIpc) is 2.69. The highest BCUT2D eigenvalue weighted by Crippen LogP contribution is 2.31. The van der Waals surface area contributed by atoms with Crippen molar-refractivity contribution in [3.05, 3.63) is 16.0 Å². The topological polar surface area (TPSA) is 58.2 Å². The van der Waals surface area contributed by atoms with E-state index >= 15 is 0 Å². The van der Waals surface area contributed by atoms with Crippen molar-refractivity contribution < 1.29 is 8.42 Å². The highest BCUT2D eigenvalue weighted by Gasteiger charge is 2.29. The molecule has 2 heterocycles. The predicted molar refractivity (Wildman–Crippen MR) is 86.7 cm³/mol. The van der Waals surface area contributed by atoms with Gasteiger partial charge in [-0.15, -0.1) is 23.7 Å². The van der Waals surface area contributed by atoms with Crippen LogP contribution in [0.15, 0.2) is 10.3 Å². The molecule has 1 aromatic heterocycles. The van der Waals surface area contributed by atoms with E-state index in [1.807, 2.05) is 6.92 Å². The summed E-state index contributed by atoms with van der Waals surface area (Å²) in [7, 11) is -3.44. The zero-order valence-corrected chi connectivity index (χ0v) is 14.7. The molecule has 0 atom stereocenters. The molecule has 4 nitrogen and oxygen atoms in total. The standard InChI is InChI=1S/C12H19ClN2O2S2.ClH/c1-9-7-10(18-11(9)13)19(16,17)15-8-12(2)3-5-14-6-4-12;/h7,14-15H,3-6,8H2,1-2H3;1H. The SMILES string of the molecule is Cc1cc(S(=O)(=O)NCC2(C)CCNCC2)sc1Cl.Cl. The normalized spacial score (nSPS) is 18.6. The number of aryl methyl sites for hydroxylation is 1. The fourth-order valence-electron chi connectivity index (χ4n) is 2.11. The van der Waals surface area contributed by atoms with Gasteiger partial charge in [-0.25, -0.2) is 13.1 Å². The number of hydrogen-bond donors (Lipinski definition) is 2. The Balaban J connectivity index is 0.00000200. The summed E-state index contributed by atoms with van der Waals surface area (Å²) in [6.07, 6.45) is 1.97. The maximum absolute atomic E-state index is 12.2. The Hall–Kier alpha value is 0.150. The van der Waals surface area contributed by atoms with Gasteiger partial charge in [0.05, 0.1) is 4.34 Å². The van der Waals surface area contributed by atoms with Gasteiger partial charge in [0.1, 0.15) is 4.21 Å². The Morgan fingerprint density at radius 2 is 2.05 bits per heavy atom. The Labute approximate surface area is 135 Å². The summed E-state index contributed by atoms with van der Waals surface area (Å²) in [5.74, 6) is 0. The van der Waals surface area contributed by atoms with Crippen molar-refractivity contribution in [2.45, 2.75) is 30.9 Å². The molecular weight excluding hydrogens is 339 g/mol. The molecule has 2 rings (SSSR count). The van der Waals surface area contributed by atoms with Crippen LogP contribution in [0.1, 0.15) is 25.3 Å². The van der Waals surface area contributed by atoms with Crippen LogP contribution in [0.5, 0.6) is 0 Å². The zero-order chi connectivity index (χ0) is 14.1. The fraction of sp³-hybridized carbons (Fsp3) is 0.667. The predicted octanol–water partition coefficient (Wildman–Crippen LogP) is 2.80. The smallest absolute Gasteiger partial charge is 0.250 e. The molecule has 1 aromatic rings. The van der Waals surface area contributed by atoms with Crippen molar-refractivity contribution in [2.24, 2.45) is 5.41 Å². The first kappa shape index (κ1) is 18.2. The molecule has 0 radical (unpaired) electrons. The first-order valence-corrected chi connectivity index (χ1v) is 8.97. The number of piperidine rings is 1. The van der Waals surface area contributed by atoms with Crippen molar-refractivity contribution in [2.75, 3.05) is 19.6 Å². The van der Waals surface area contributed by atoms with Crippen LogP contribution in [-0.4, -0.2) is 28.1 Å². The van der Waals surface area contributed by atoms with Crippen molar-refractivity contribution in [1.29, 1.82) is 0 Å². The van der Waals surface area contributed by atoms with Crippen LogP contribution in [0.2, 0.25) is 4.34 Å². The van der Waals surface area contributed by atoms with Crippen molar-refractivity contribution in [3.8, 4) is 0 Å². The molecule has 0 spiro atoms. The van der Waals surface area contributed by atoms with Crippen molar-refractivity contribution >= 4 is 45.4 Å². The molecule has 0 aromatic carbocycles. The van der Waals surface area contributed by atoms with E-state index in [0.717, 1.165) is 42.8 Å². The third-order valence-electron chi connectivity index (χ3n) is 3.60. The first-order valence-electron chi connectivity index (χ1n) is 6.29. The van der Waals surface area contributed by atoms with E-state index in [1.54, 1.807) is 6.07 Å². The summed E-state index contributed by atoms with van der Waals surface area (Å²) in [6.45, 7) is 6.31. The molecule has 20 heavy (non-hydrogen) atoms. The fourth-order valence-corrected chi connectivity index (χ4v) is 5.06. The van der Waals surface area contributed by atoms with Crippen LogP contribution in [-0.2, 0) is 10.0 Å². The molecule has 1 fully saturated rings. The molecule has 1 aliphatic heterocycles. The van der Waals surface area contributed by atoms with Crippen LogP contribution >= 0.6 is 35.3 Å². The molecule has 2 N–H and O–H groups in total. The Morgan fingerprint density at radius 1 is 1.45 bits per heavy atom. The van der Waals surface area contributed by atoms with E-state index in [4.69, 9.17) is 11.6 Å². The van der Waals surface area contributed by atoms with Gasteiger partial charge in [0.15, 0.2) is 0 Å². The van der Waals surface area contributed by atoms with Crippen LogP contribution in [0.25, 0.3) is 0 Å². The monoisotopic (exact) mass is 358 g/mol. The summed E-state index contributed by atoms with van der Waals surface area (Å²) >= 11 is 7.04. The zero-order valence-electron chi connectivity index (χ0n) is 11.5. The lowest BCUT2D eigenvalue weighted by atomic mass is 9.81. The molecule has 0 bridgehead atoms. The third-order valence-corrected chi connectivity index (χ3v) is 7.03. The molecule has 8 heteroatoms. The number of hydrogen-bond acceptors (Lipinski definition) is 4. The van der Waals surface area contributed by atoms with Gasteiger partial charge >= 0.3 is 0 Å². The second-order valence-corrected chi connectivity index (χ2v) is 9.06. The van der Waals surface area contributed by atoms with Gasteiger partial charge in [-0.2, -0.15) is 0 Å². The van der Waals surface area contributed by atoms with Crippen LogP contribution in [0.4, 0.5) is 0 Å². The lowest BCUT2D eigenvalue weighted by Gasteiger charge is -2.33. The van der Waals surface area contributed by atoms with E-state index < -0.39 is 10.0 Å². The van der Waals surface area contributed by atoms with Gasteiger partial charge in [0.25, 0.3) is 0 Å². The van der Waals surface area contributed by atoms with Gasteiger partial charge in [-0.1, -0.05) is 18.5 Å². The van der Waals surface area contributed by atoms with Crippen molar-refractivity contribution in [1.82, 2.24) is 10.0 Å². The highest BCUT2D eigenvalue weighted by molar-refractivity contribution is 7.91. The number of thiophene rings is 1. The quantitative estimate of drug-likeness (QED) is 0.869. The number of nitrogens with one attached hydrogen (secondary N) is 2. The Morgan fingerprint density at radius 3 is 2.55 bits per heavy atom. The lowest BCUT2D eigenvalue weighted by Crippen LogP contribution is -2.42. The van der Waals surface area contributed by atoms with E-state index in [-0.39, 0.29) is 17.8 Å². The molecular formula is C12H20Cl2N2O2S2. The summed E-state index contributed by atoms with van der Waals surface area (Å²) < 4.78 is 28.0. The maximum Gasteiger partial charge on any atom is 0.250 e. The second-order valence-electron chi connectivity index (χ2n) is 5.41. The maximum atomic E-state index is 12.2. The van der Waals surface area contributed by atoms with Gasteiger partial charge in [-0.05, 0) is 49.9 Å². The average molecular weight is 359 g/mol. The minimum atomic E-state index is -3.44. The van der Waals surface area contributed by atoms with Crippen LogP contribution < -0.4 is 10.0 Å². The Kier molecular flexibility index (Phi) is 6.32. The van der Waals surface area contributed by atoms with E-state index in [9.17, 15) is 8.42 Å². The highest BCUT2D eigenvalue weighted by atomic mass is 35.5. The molecule has 0 amide bonds. The molecule has 0 unspecified atom stereocenters. The van der Waals surface area contributed by atoms with Gasteiger partial charge in [-0.3, -0.25) is 0 Å². The minimum absolute atomic E-state index is 0. The minimum Gasteiger partial charge on any atom is -0.317 e. The lowest BCUT2D eigenvalue weighted by molar-refractivity contribution is 0.232. The summed E-state index contributed by atoms with van der Waals surface area (Å²) in [5.41, 5.74) is 0.842. The number of halogens is 2. The Bertz CT molecular complexity index is 532. The third kappa shape index (κ3) is 4.32. The van der Waals surface area contributed by atoms with Crippen LogP contribution in [0.3, 0.4) is 0 Å². The van der Waals surface area contributed by atoms with Crippen molar-refractivity contribution in [3.63, 3.8) is 0 Å². The van der Waals surface area contributed by atoms with Gasteiger partial charge in [0.2, 0.25) is 10.0 Å². The second kappa shape index (κ2) is 6.94. The van der Waals surface area contributed by atoms with E-state index in [1.165, 1.54) is 0 Å². The largest absolute Gasteiger partial charge is 0.317 e. The molecule has 1 saturated heterocycles. The van der Waals surface area contributed by atoms with Gasteiger partial charge < -0.3 is 5.32 Å². The first-order chi connectivity index (χ1) is 8.82. The molecule has 0 aliphatic carbocycles. The van der Waals surface area contributed by atoms with E-state index in [0.29, 0.717) is 15.1 Å². The summed E-state index contributed by atoms with van der Waals surface area (Å²) in [6, 6.07) is 1.63. The van der Waals surface area contributed by atoms with Crippen LogP contribution in [0, 0.1) is 12.3 Å². The molecule has 0 saturated carbocycles. The number of sulfonamides is 1.